The molecule has 1 saturated heterocycles. The molecule has 1 aromatic carbocycles. The van der Waals surface area contributed by atoms with Crippen LogP contribution in [0.15, 0.2) is 29.2 Å². The topological polar surface area (TPSA) is 56.6 Å². The van der Waals surface area contributed by atoms with Crippen LogP contribution in [0.3, 0.4) is 0 Å². The molecule has 0 unspecified atom stereocenters. The summed E-state index contributed by atoms with van der Waals surface area (Å²) >= 11 is 0. The van der Waals surface area contributed by atoms with Crippen molar-refractivity contribution in [2.24, 2.45) is 0 Å². The van der Waals surface area contributed by atoms with E-state index < -0.39 is 0 Å². The van der Waals surface area contributed by atoms with Gasteiger partial charge in [0.05, 0.1) is 38.5 Å². The van der Waals surface area contributed by atoms with Gasteiger partial charge in [-0.25, -0.2) is 4.68 Å². The van der Waals surface area contributed by atoms with Gasteiger partial charge in [0.15, 0.2) is 0 Å². The van der Waals surface area contributed by atoms with E-state index in [-0.39, 0.29) is 5.56 Å². The molecule has 2 aromatic rings. The van der Waals surface area contributed by atoms with Crippen molar-refractivity contribution in [2.45, 2.75) is 6.54 Å². The fraction of sp³-hybridized carbons (Fsp3) is 0.467. The highest BCUT2D eigenvalue weighted by Crippen LogP contribution is 2.21. The van der Waals surface area contributed by atoms with Crippen molar-refractivity contribution in [1.29, 1.82) is 0 Å². The van der Waals surface area contributed by atoms with Crippen LogP contribution in [-0.4, -0.2) is 54.6 Å². The molecule has 0 atom stereocenters. The molecule has 3 rings (SSSR count). The molecule has 1 aliphatic heterocycles. The lowest BCUT2D eigenvalue weighted by atomic mass is 10.2. The van der Waals surface area contributed by atoms with Gasteiger partial charge in [-0.15, -0.1) is 0 Å². The molecule has 1 aliphatic rings. The number of benzene rings is 1. The number of aromatic nitrogens is 2. The summed E-state index contributed by atoms with van der Waals surface area (Å²) in [5.41, 5.74) is -0.0698. The molecule has 0 aliphatic carbocycles. The van der Waals surface area contributed by atoms with Crippen molar-refractivity contribution in [3.63, 3.8) is 0 Å². The van der Waals surface area contributed by atoms with E-state index in [1.54, 1.807) is 13.3 Å². The van der Waals surface area contributed by atoms with Crippen LogP contribution in [0, 0.1) is 0 Å². The monoisotopic (exact) mass is 289 g/mol. The Hall–Kier alpha value is -1.92. The van der Waals surface area contributed by atoms with E-state index in [1.807, 2.05) is 18.2 Å². The third-order valence-electron chi connectivity index (χ3n) is 3.81. The smallest absolute Gasteiger partial charge is 0.274 e. The summed E-state index contributed by atoms with van der Waals surface area (Å²) in [5.74, 6) is 0.678. The lowest BCUT2D eigenvalue weighted by Gasteiger charge is -2.26. The minimum absolute atomic E-state index is 0.0698. The standard InChI is InChI=1S/C15H19N3O3/c1-20-14-4-2-3-12-13(14)11-16-18(15(12)19)6-5-17-7-9-21-10-8-17/h2-4,11H,5-10H2,1H3. The van der Waals surface area contributed by atoms with E-state index >= 15 is 0 Å². The summed E-state index contributed by atoms with van der Waals surface area (Å²) in [4.78, 5) is 14.8. The average molecular weight is 289 g/mol. The second-order valence-corrected chi connectivity index (χ2v) is 5.05. The molecule has 6 nitrogen and oxygen atoms in total. The van der Waals surface area contributed by atoms with Crippen molar-refractivity contribution in [3.8, 4) is 5.75 Å². The third kappa shape index (κ3) is 2.91. The van der Waals surface area contributed by atoms with E-state index in [1.165, 1.54) is 4.68 Å². The minimum Gasteiger partial charge on any atom is -0.496 e. The first kappa shape index (κ1) is 14.0. The summed E-state index contributed by atoms with van der Waals surface area (Å²) in [6, 6.07) is 5.48. The summed E-state index contributed by atoms with van der Waals surface area (Å²) in [6.07, 6.45) is 1.70. The van der Waals surface area contributed by atoms with Gasteiger partial charge in [-0.3, -0.25) is 9.69 Å². The van der Waals surface area contributed by atoms with Crippen LogP contribution >= 0.6 is 0 Å². The average Bonchev–Trinajstić information content (AvgIpc) is 2.55. The second-order valence-electron chi connectivity index (χ2n) is 5.05. The number of rotatable bonds is 4. The molecule has 0 saturated carbocycles. The van der Waals surface area contributed by atoms with Crippen LogP contribution in [0.25, 0.3) is 10.8 Å². The quantitative estimate of drug-likeness (QED) is 0.831. The molecule has 0 N–H and O–H groups in total. The molecule has 2 heterocycles. The zero-order valence-corrected chi connectivity index (χ0v) is 12.1. The first-order valence-electron chi connectivity index (χ1n) is 7.12. The van der Waals surface area contributed by atoms with Gasteiger partial charge in [0.2, 0.25) is 0 Å². The number of hydrogen-bond acceptors (Lipinski definition) is 5. The lowest BCUT2D eigenvalue weighted by Crippen LogP contribution is -2.39. The van der Waals surface area contributed by atoms with Gasteiger partial charge in [-0.05, 0) is 12.1 Å². The highest BCUT2D eigenvalue weighted by atomic mass is 16.5. The Morgan fingerprint density at radius 1 is 1.24 bits per heavy atom. The van der Waals surface area contributed by atoms with Crippen LogP contribution in [0.2, 0.25) is 0 Å². The zero-order valence-electron chi connectivity index (χ0n) is 12.1. The highest BCUT2D eigenvalue weighted by molar-refractivity contribution is 5.86. The molecule has 0 amide bonds. The van der Waals surface area contributed by atoms with Crippen molar-refractivity contribution in [3.05, 3.63) is 34.7 Å². The predicted octanol–water partition coefficient (Wildman–Crippen LogP) is 0.737. The Kier molecular flexibility index (Phi) is 4.17. The lowest BCUT2D eigenvalue weighted by molar-refractivity contribution is 0.0358. The van der Waals surface area contributed by atoms with Gasteiger partial charge in [-0.1, -0.05) is 6.07 Å². The molecule has 21 heavy (non-hydrogen) atoms. The maximum atomic E-state index is 12.5. The Balaban J connectivity index is 1.83. The van der Waals surface area contributed by atoms with Gasteiger partial charge in [-0.2, -0.15) is 5.10 Å². The fourth-order valence-electron chi connectivity index (χ4n) is 2.58. The fourth-order valence-corrected chi connectivity index (χ4v) is 2.58. The van der Waals surface area contributed by atoms with E-state index in [0.717, 1.165) is 38.2 Å². The maximum Gasteiger partial charge on any atom is 0.274 e. The molecule has 0 bridgehead atoms. The van der Waals surface area contributed by atoms with Gasteiger partial charge >= 0.3 is 0 Å². The van der Waals surface area contributed by atoms with Crippen molar-refractivity contribution in [1.82, 2.24) is 14.7 Å². The summed E-state index contributed by atoms with van der Waals surface area (Å²) in [5, 5.41) is 5.67. The van der Waals surface area contributed by atoms with Crippen molar-refractivity contribution < 1.29 is 9.47 Å². The number of fused-ring (bicyclic) bond motifs is 1. The first-order valence-corrected chi connectivity index (χ1v) is 7.12. The third-order valence-corrected chi connectivity index (χ3v) is 3.81. The van der Waals surface area contributed by atoms with Crippen molar-refractivity contribution in [2.75, 3.05) is 40.0 Å². The Bertz CT molecular complexity index is 677. The molecular formula is C15H19N3O3. The van der Waals surface area contributed by atoms with Gasteiger partial charge in [0.1, 0.15) is 5.75 Å². The predicted molar refractivity (Wildman–Crippen MR) is 79.8 cm³/mol. The minimum atomic E-state index is -0.0698. The van der Waals surface area contributed by atoms with E-state index in [4.69, 9.17) is 9.47 Å². The number of hydrogen-bond donors (Lipinski definition) is 0. The number of morpholine rings is 1. The molecular weight excluding hydrogens is 270 g/mol. The molecule has 0 spiro atoms. The van der Waals surface area contributed by atoms with Crippen LogP contribution in [0.4, 0.5) is 0 Å². The van der Waals surface area contributed by atoms with E-state index in [0.29, 0.717) is 17.7 Å². The summed E-state index contributed by atoms with van der Waals surface area (Å²) in [7, 11) is 1.60. The second kappa shape index (κ2) is 6.24. The number of nitrogens with zero attached hydrogens (tertiary/aromatic N) is 3. The molecule has 1 aromatic heterocycles. The Labute approximate surface area is 122 Å². The van der Waals surface area contributed by atoms with Crippen LogP contribution in [-0.2, 0) is 11.3 Å². The first-order chi connectivity index (χ1) is 10.3. The maximum absolute atomic E-state index is 12.5. The number of ether oxygens (including phenoxy) is 2. The summed E-state index contributed by atoms with van der Waals surface area (Å²) in [6.45, 7) is 4.75. The molecule has 0 radical (unpaired) electrons. The SMILES string of the molecule is COc1cccc2c(=O)n(CCN3CCOCC3)ncc12. The van der Waals surface area contributed by atoms with Crippen molar-refractivity contribution >= 4 is 10.8 Å². The summed E-state index contributed by atoms with van der Waals surface area (Å²) < 4.78 is 12.1. The molecule has 1 fully saturated rings. The Morgan fingerprint density at radius 3 is 2.81 bits per heavy atom. The van der Waals surface area contributed by atoms with Gasteiger partial charge in [0, 0.05) is 25.0 Å². The molecule has 6 heteroatoms. The zero-order chi connectivity index (χ0) is 14.7. The van der Waals surface area contributed by atoms with Gasteiger partial charge < -0.3 is 9.47 Å². The highest BCUT2D eigenvalue weighted by Gasteiger charge is 2.12. The van der Waals surface area contributed by atoms with Crippen LogP contribution < -0.4 is 10.3 Å². The number of methoxy groups -OCH3 is 1. The normalized spacial score (nSPS) is 16.2. The van der Waals surface area contributed by atoms with E-state index in [2.05, 4.69) is 10.00 Å². The molecule has 112 valence electrons. The largest absolute Gasteiger partial charge is 0.496 e. The van der Waals surface area contributed by atoms with Crippen LogP contribution in [0.1, 0.15) is 0 Å². The van der Waals surface area contributed by atoms with E-state index in [9.17, 15) is 4.79 Å². The Morgan fingerprint density at radius 2 is 2.05 bits per heavy atom. The van der Waals surface area contributed by atoms with Gasteiger partial charge in [0.25, 0.3) is 5.56 Å². The van der Waals surface area contributed by atoms with Crippen LogP contribution in [0.5, 0.6) is 5.75 Å².